The second-order valence-corrected chi connectivity index (χ2v) is 5.71. The molecule has 0 saturated heterocycles. The Hall–Kier alpha value is -1.55. The van der Waals surface area contributed by atoms with Gasteiger partial charge in [0.25, 0.3) is 0 Å². The van der Waals surface area contributed by atoms with Crippen molar-refractivity contribution in [3.05, 3.63) is 58.1 Å². The number of ether oxygens (including phenoxy) is 1. The van der Waals surface area contributed by atoms with Gasteiger partial charge in [0.05, 0.1) is 11.6 Å². The first-order valence-electron chi connectivity index (χ1n) is 6.36. The quantitative estimate of drug-likeness (QED) is 0.757. The zero-order valence-electron chi connectivity index (χ0n) is 11.8. The number of likely N-dealkylation sites (N-methyl/N-ethyl adjacent to an activating group) is 1. The third-order valence-electron chi connectivity index (χ3n) is 2.76. The Bertz CT molecular complexity index is 639. The fraction of sp³-hybridized carbons (Fsp3) is 0.188. The molecule has 0 radical (unpaired) electrons. The van der Waals surface area contributed by atoms with Crippen molar-refractivity contribution < 1.29 is 9.53 Å². The van der Waals surface area contributed by atoms with Crippen LogP contribution in [0.5, 0.6) is 11.5 Å². The fourth-order valence-corrected chi connectivity index (χ4v) is 2.22. The summed E-state index contributed by atoms with van der Waals surface area (Å²) in [6.07, 6.45) is 0. The predicted molar refractivity (Wildman–Crippen MR) is 85.9 cm³/mol. The Morgan fingerprint density at radius 1 is 1.10 bits per heavy atom. The number of carbonyl (C=O) groups excluding carboxylic acids is 1. The van der Waals surface area contributed by atoms with Crippen molar-refractivity contribution in [3.8, 4) is 11.5 Å². The van der Waals surface area contributed by atoms with Crippen molar-refractivity contribution in [2.24, 2.45) is 0 Å². The number of hydrogen-bond donors (Lipinski definition) is 0. The van der Waals surface area contributed by atoms with Gasteiger partial charge in [-0.15, -0.1) is 0 Å². The second-order valence-electron chi connectivity index (χ2n) is 4.86. The van der Waals surface area contributed by atoms with Gasteiger partial charge in [-0.05, 0) is 56.6 Å². The van der Waals surface area contributed by atoms with Crippen LogP contribution in [-0.2, 0) is 0 Å². The first kappa shape index (κ1) is 15.8. The lowest BCUT2D eigenvalue weighted by molar-refractivity contribution is 0.0958. The Morgan fingerprint density at radius 2 is 1.76 bits per heavy atom. The van der Waals surface area contributed by atoms with Gasteiger partial charge >= 0.3 is 0 Å². The third-order valence-corrected chi connectivity index (χ3v) is 3.29. The van der Waals surface area contributed by atoms with Crippen molar-refractivity contribution >= 4 is 29.0 Å². The molecule has 0 unspecified atom stereocenters. The van der Waals surface area contributed by atoms with Gasteiger partial charge in [0, 0.05) is 10.6 Å². The maximum Gasteiger partial charge on any atom is 0.176 e. The third kappa shape index (κ3) is 4.46. The minimum absolute atomic E-state index is 0.0658. The molecule has 0 aliphatic carbocycles. The van der Waals surface area contributed by atoms with E-state index >= 15 is 0 Å². The van der Waals surface area contributed by atoms with Crippen molar-refractivity contribution in [2.45, 2.75) is 0 Å². The average Bonchev–Trinajstić information content (AvgIpc) is 2.42. The minimum Gasteiger partial charge on any atom is -0.456 e. The molecule has 5 heteroatoms. The summed E-state index contributed by atoms with van der Waals surface area (Å²) < 4.78 is 5.67. The highest BCUT2D eigenvalue weighted by Crippen LogP contribution is 2.31. The van der Waals surface area contributed by atoms with E-state index in [1.54, 1.807) is 42.5 Å². The number of nitrogens with zero attached hydrogens (tertiary/aromatic N) is 1. The summed E-state index contributed by atoms with van der Waals surface area (Å²) in [6, 6.07) is 12.0. The summed E-state index contributed by atoms with van der Waals surface area (Å²) in [4.78, 5) is 13.7. The predicted octanol–water partition coefficient (Wildman–Crippen LogP) is 4.53. The van der Waals surface area contributed by atoms with Crippen LogP contribution in [-0.4, -0.2) is 31.3 Å². The standard InChI is InChI=1S/C16H15Cl2NO2/c1-19(2)10-15(20)11-3-6-13(7-4-11)21-16-8-5-12(17)9-14(16)18/h3-9H,10H2,1-2H3. The van der Waals surface area contributed by atoms with Crippen LogP contribution in [0.15, 0.2) is 42.5 Å². The smallest absolute Gasteiger partial charge is 0.176 e. The van der Waals surface area contributed by atoms with E-state index < -0.39 is 0 Å². The molecule has 0 atom stereocenters. The van der Waals surface area contributed by atoms with Crippen LogP contribution >= 0.6 is 23.2 Å². The highest BCUT2D eigenvalue weighted by atomic mass is 35.5. The molecule has 0 heterocycles. The topological polar surface area (TPSA) is 29.5 Å². The molecule has 2 aromatic rings. The molecule has 0 aliphatic rings. The summed E-state index contributed by atoms with van der Waals surface area (Å²) >= 11 is 11.9. The van der Waals surface area contributed by atoms with Crippen LogP contribution in [0.3, 0.4) is 0 Å². The Balaban J connectivity index is 2.10. The highest BCUT2D eigenvalue weighted by Gasteiger charge is 2.08. The van der Waals surface area contributed by atoms with Crippen LogP contribution in [0, 0.1) is 0 Å². The van der Waals surface area contributed by atoms with E-state index in [9.17, 15) is 4.79 Å². The number of hydrogen-bond acceptors (Lipinski definition) is 3. The molecule has 0 aromatic heterocycles. The molecule has 0 bridgehead atoms. The molecule has 0 fully saturated rings. The maximum absolute atomic E-state index is 11.9. The van der Waals surface area contributed by atoms with Crippen molar-refractivity contribution in [1.82, 2.24) is 4.90 Å². The molecule has 0 N–H and O–H groups in total. The van der Waals surface area contributed by atoms with Gasteiger partial charge in [-0.1, -0.05) is 23.2 Å². The lowest BCUT2D eigenvalue weighted by Crippen LogP contribution is -2.21. The van der Waals surface area contributed by atoms with E-state index in [0.717, 1.165) is 0 Å². The Morgan fingerprint density at radius 3 is 2.33 bits per heavy atom. The molecular weight excluding hydrogens is 309 g/mol. The molecule has 2 rings (SSSR count). The summed E-state index contributed by atoms with van der Waals surface area (Å²) in [5, 5.41) is 0.993. The average molecular weight is 324 g/mol. The number of halogens is 2. The van der Waals surface area contributed by atoms with Crippen molar-refractivity contribution in [1.29, 1.82) is 0 Å². The fourth-order valence-electron chi connectivity index (χ4n) is 1.77. The number of ketones is 1. The summed E-state index contributed by atoms with van der Waals surface area (Å²) in [5.41, 5.74) is 0.651. The van der Waals surface area contributed by atoms with Crippen LogP contribution in [0.25, 0.3) is 0 Å². The molecule has 0 saturated carbocycles. The van der Waals surface area contributed by atoms with Gasteiger partial charge in [-0.2, -0.15) is 0 Å². The van der Waals surface area contributed by atoms with E-state index in [1.807, 2.05) is 19.0 Å². The van der Waals surface area contributed by atoms with Gasteiger partial charge in [-0.3, -0.25) is 4.79 Å². The Kier molecular flexibility index (Phi) is 5.23. The summed E-state index contributed by atoms with van der Waals surface area (Å²) in [6.45, 7) is 0.378. The number of rotatable bonds is 5. The van der Waals surface area contributed by atoms with Gasteiger partial charge in [-0.25, -0.2) is 0 Å². The first-order valence-corrected chi connectivity index (χ1v) is 7.12. The molecule has 0 spiro atoms. The van der Waals surface area contributed by atoms with Crippen LogP contribution in [0.1, 0.15) is 10.4 Å². The number of Topliss-reactive ketones (excluding diaryl/α,β-unsaturated/α-hetero) is 1. The van der Waals surface area contributed by atoms with E-state index in [4.69, 9.17) is 27.9 Å². The van der Waals surface area contributed by atoms with Crippen LogP contribution in [0.2, 0.25) is 10.0 Å². The van der Waals surface area contributed by atoms with Gasteiger partial charge < -0.3 is 9.64 Å². The molecule has 0 amide bonds. The molecular formula is C16H15Cl2NO2. The lowest BCUT2D eigenvalue weighted by atomic mass is 10.1. The summed E-state index contributed by atoms with van der Waals surface area (Å²) in [5.74, 6) is 1.20. The molecule has 2 aromatic carbocycles. The van der Waals surface area contributed by atoms with Crippen molar-refractivity contribution in [3.63, 3.8) is 0 Å². The monoisotopic (exact) mass is 323 g/mol. The normalized spacial score (nSPS) is 10.7. The largest absolute Gasteiger partial charge is 0.456 e. The zero-order valence-corrected chi connectivity index (χ0v) is 13.3. The van der Waals surface area contributed by atoms with Crippen LogP contribution in [0.4, 0.5) is 0 Å². The van der Waals surface area contributed by atoms with Crippen LogP contribution < -0.4 is 4.74 Å². The van der Waals surface area contributed by atoms with E-state index in [1.165, 1.54) is 0 Å². The number of carbonyl (C=O) groups is 1. The van der Waals surface area contributed by atoms with Gasteiger partial charge in [0.15, 0.2) is 5.78 Å². The zero-order chi connectivity index (χ0) is 15.4. The molecule has 21 heavy (non-hydrogen) atoms. The van der Waals surface area contributed by atoms with Crippen molar-refractivity contribution in [2.75, 3.05) is 20.6 Å². The van der Waals surface area contributed by atoms with E-state index in [2.05, 4.69) is 0 Å². The minimum atomic E-state index is 0.0658. The first-order chi connectivity index (χ1) is 9.95. The van der Waals surface area contributed by atoms with Gasteiger partial charge in [0.1, 0.15) is 11.5 Å². The second kappa shape index (κ2) is 6.94. The van der Waals surface area contributed by atoms with E-state index in [0.29, 0.717) is 33.7 Å². The molecule has 110 valence electrons. The molecule has 0 aliphatic heterocycles. The summed E-state index contributed by atoms with van der Waals surface area (Å²) in [7, 11) is 3.72. The SMILES string of the molecule is CN(C)CC(=O)c1ccc(Oc2ccc(Cl)cc2Cl)cc1. The highest BCUT2D eigenvalue weighted by molar-refractivity contribution is 6.35. The Labute approximate surface area is 134 Å². The van der Waals surface area contributed by atoms with Gasteiger partial charge in [0.2, 0.25) is 0 Å². The lowest BCUT2D eigenvalue weighted by Gasteiger charge is -2.10. The maximum atomic E-state index is 11.9. The molecule has 3 nitrogen and oxygen atoms in total. The van der Waals surface area contributed by atoms with E-state index in [-0.39, 0.29) is 5.78 Å². The number of benzene rings is 2.